The molecule has 0 radical (unpaired) electrons. The first kappa shape index (κ1) is 18.9. The molecule has 6 nitrogen and oxygen atoms in total. The molecule has 3 rings (SSSR count). The number of halogens is 1. The summed E-state index contributed by atoms with van der Waals surface area (Å²) in [4.78, 5) is 13.0. The first-order valence-corrected chi connectivity index (χ1v) is 10.2. The van der Waals surface area contributed by atoms with Crippen LogP contribution in [0.1, 0.15) is 45.8 Å². The SMILES string of the molecule is CC(C)(C)c1cc(NC(=O)C2(S(=O)(=O)c3ccc(Cl)cc3)CCC2)no1. The van der Waals surface area contributed by atoms with Crippen LogP contribution in [0.4, 0.5) is 5.82 Å². The van der Waals surface area contributed by atoms with Crippen LogP contribution >= 0.6 is 11.6 Å². The number of nitrogens with zero attached hydrogens (tertiary/aromatic N) is 1. The number of rotatable bonds is 4. The lowest BCUT2D eigenvalue weighted by Gasteiger charge is -2.38. The summed E-state index contributed by atoms with van der Waals surface area (Å²) in [6.45, 7) is 5.87. The van der Waals surface area contributed by atoms with Crippen LogP contribution in [0.5, 0.6) is 0 Å². The monoisotopic (exact) mass is 396 g/mol. The van der Waals surface area contributed by atoms with E-state index in [-0.39, 0.29) is 29.0 Å². The Bertz CT molecular complexity index is 923. The number of anilines is 1. The number of carbonyl (C=O) groups is 1. The predicted octanol–water partition coefficient (Wildman–Crippen LogP) is 3.96. The molecule has 1 fully saturated rings. The van der Waals surface area contributed by atoms with Crippen LogP contribution < -0.4 is 5.32 Å². The van der Waals surface area contributed by atoms with Gasteiger partial charge in [-0.3, -0.25) is 4.79 Å². The molecule has 0 spiro atoms. The van der Waals surface area contributed by atoms with Crippen molar-refractivity contribution in [2.45, 2.75) is 55.1 Å². The van der Waals surface area contributed by atoms with E-state index in [1.165, 1.54) is 24.3 Å². The lowest BCUT2D eigenvalue weighted by Crippen LogP contribution is -2.54. The van der Waals surface area contributed by atoms with Gasteiger partial charge in [0.15, 0.2) is 20.4 Å². The van der Waals surface area contributed by atoms with Gasteiger partial charge >= 0.3 is 0 Å². The number of benzene rings is 1. The molecule has 0 bridgehead atoms. The fourth-order valence-electron chi connectivity index (χ4n) is 2.87. The van der Waals surface area contributed by atoms with Gasteiger partial charge in [-0.1, -0.05) is 37.5 Å². The highest BCUT2D eigenvalue weighted by Gasteiger charge is 2.55. The van der Waals surface area contributed by atoms with Crippen LogP contribution in [0, 0.1) is 0 Å². The molecule has 1 saturated carbocycles. The Morgan fingerprint density at radius 1 is 1.23 bits per heavy atom. The molecule has 0 saturated heterocycles. The van der Waals surface area contributed by atoms with Gasteiger partial charge in [-0.2, -0.15) is 0 Å². The Balaban J connectivity index is 1.88. The maximum atomic E-state index is 13.1. The molecule has 1 aliphatic carbocycles. The van der Waals surface area contributed by atoms with Gasteiger partial charge in [0.1, 0.15) is 5.76 Å². The molecule has 26 heavy (non-hydrogen) atoms. The van der Waals surface area contributed by atoms with Crippen LogP contribution in [0.25, 0.3) is 0 Å². The number of sulfone groups is 1. The molecule has 0 aliphatic heterocycles. The van der Waals surface area contributed by atoms with E-state index in [0.717, 1.165) is 0 Å². The highest BCUT2D eigenvalue weighted by Crippen LogP contribution is 2.44. The van der Waals surface area contributed by atoms with Crippen molar-refractivity contribution in [3.8, 4) is 0 Å². The van der Waals surface area contributed by atoms with E-state index in [2.05, 4.69) is 10.5 Å². The summed E-state index contributed by atoms with van der Waals surface area (Å²) in [7, 11) is -3.85. The molecule has 1 N–H and O–H groups in total. The molecule has 1 amide bonds. The molecule has 1 aromatic carbocycles. The minimum Gasteiger partial charge on any atom is -0.359 e. The summed E-state index contributed by atoms with van der Waals surface area (Å²) in [5.41, 5.74) is -0.264. The van der Waals surface area contributed by atoms with Gasteiger partial charge in [-0.25, -0.2) is 8.42 Å². The van der Waals surface area contributed by atoms with Crippen molar-refractivity contribution >= 4 is 33.2 Å². The smallest absolute Gasteiger partial charge is 0.247 e. The molecule has 8 heteroatoms. The summed E-state index contributed by atoms with van der Waals surface area (Å²) in [5.74, 6) is 0.251. The Hall–Kier alpha value is -1.86. The maximum absolute atomic E-state index is 13.1. The zero-order valence-electron chi connectivity index (χ0n) is 14.9. The van der Waals surface area contributed by atoms with Crippen molar-refractivity contribution in [1.82, 2.24) is 5.16 Å². The van der Waals surface area contributed by atoms with Crippen LogP contribution in [0.2, 0.25) is 5.02 Å². The largest absolute Gasteiger partial charge is 0.359 e. The van der Waals surface area contributed by atoms with E-state index in [0.29, 0.717) is 17.2 Å². The van der Waals surface area contributed by atoms with Crippen molar-refractivity contribution in [2.75, 3.05) is 5.32 Å². The fraction of sp³-hybridized carbons (Fsp3) is 0.444. The molecule has 2 aromatic rings. The standard InChI is InChI=1S/C18H21ClN2O4S/c1-17(2,3)14-11-15(21-25-14)20-16(22)18(9-4-10-18)26(23,24)13-7-5-12(19)6-8-13/h5-8,11H,4,9-10H2,1-3H3,(H,20,21,22). The van der Waals surface area contributed by atoms with Gasteiger partial charge in [0, 0.05) is 16.5 Å². The van der Waals surface area contributed by atoms with Gasteiger partial charge in [0.2, 0.25) is 5.91 Å². The van der Waals surface area contributed by atoms with E-state index in [1.54, 1.807) is 6.07 Å². The molecule has 140 valence electrons. The Morgan fingerprint density at radius 3 is 2.31 bits per heavy atom. The first-order chi connectivity index (χ1) is 12.1. The summed E-state index contributed by atoms with van der Waals surface area (Å²) >= 11 is 5.84. The third-order valence-corrected chi connectivity index (χ3v) is 7.47. The summed E-state index contributed by atoms with van der Waals surface area (Å²) < 4.78 is 30.0. The van der Waals surface area contributed by atoms with E-state index in [9.17, 15) is 13.2 Å². The third kappa shape index (κ3) is 3.14. The average molecular weight is 397 g/mol. The Morgan fingerprint density at radius 2 is 1.85 bits per heavy atom. The molecule has 1 aliphatic rings. The number of amides is 1. The molecule has 0 atom stereocenters. The second-order valence-electron chi connectivity index (χ2n) is 7.59. The predicted molar refractivity (Wildman–Crippen MR) is 99.1 cm³/mol. The topological polar surface area (TPSA) is 89.3 Å². The molecular formula is C18H21ClN2O4S. The lowest BCUT2D eigenvalue weighted by molar-refractivity contribution is -0.120. The number of hydrogen-bond donors (Lipinski definition) is 1. The van der Waals surface area contributed by atoms with Gasteiger partial charge < -0.3 is 9.84 Å². The average Bonchev–Trinajstić information content (AvgIpc) is 2.94. The van der Waals surface area contributed by atoms with Crippen LogP contribution in [-0.2, 0) is 20.0 Å². The molecular weight excluding hydrogens is 376 g/mol. The van der Waals surface area contributed by atoms with Crippen molar-refractivity contribution < 1.29 is 17.7 Å². The number of aromatic nitrogens is 1. The van der Waals surface area contributed by atoms with Crippen molar-refractivity contribution in [1.29, 1.82) is 0 Å². The number of nitrogens with one attached hydrogen (secondary N) is 1. The quantitative estimate of drug-likeness (QED) is 0.844. The fourth-order valence-corrected chi connectivity index (χ4v) is 5.07. The Labute approximate surface area is 157 Å². The second kappa shape index (κ2) is 6.39. The number of hydrogen-bond acceptors (Lipinski definition) is 5. The second-order valence-corrected chi connectivity index (χ2v) is 10.3. The van der Waals surface area contributed by atoms with Crippen molar-refractivity contribution in [2.24, 2.45) is 0 Å². The normalized spacial score (nSPS) is 16.8. The van der Waals surface area contributed by atoms with Gasteiger partial charge in [-0.15, -0.1) is 0 Å². The minimum atomic E-state index is -3.85. The summed E-state index contributed by atoms with van der Waals surface area (Å²) in [5, 5.41) is 6.90. The third-order valence-electron chi connectivity index (χ3n) is 4.70. The van der Waals surface area contributed by atoms with E-state index >= 15 is 0 Å². The molecule has 0 unspecified atom stereocenters. The zero-order valence-corrected chi connectivity index (χ0v) is 16.4. The number of carbonyl (C=O) groups excluding carboxylic acids is 1. The molecule has 1 aromatic heterocycles. The highest BCUT2D eigenvalue weighted by molar-refractivity contribution is 7.93. The van der Waals surface area contributed by atoms with E-state index in [4.69, 9.17) is 16.1 Å². The summed E-state index contributed by atoms with van der Waals surface area (Å²) in [6, 6.07) is 7.49. The van der Waals surface area contributed by atoms with E-state index in [1.807, 2.05) is 20.8 Å². The van der Waals surface area contributed by atoms with Crippen LogP contribution in [-0.4, -0.2) is 24.2 Å². The van der Waals surface area contributed by atoms with Crippen molar-refractivity contribution in [3.63, 3.8) is 0 Å². The first-order valence-electron chi connectivity index (χ1n) is 8.35. The van der Waals surface area contributed by atoms with E-state index < -0.39 is 20.5 Å². The van der Waals surface area contributed by atoms with Crippen LogP contribution in [0.3, 0.4) is 0 Å². The maximum Gasteiger partial charge on any atom is 0.247 e. The van der Waals surface area contributed by atoms with Gasteiger partial charge in [-0.05, 0) is 43.5 Å². The van der Waals surface area contributed by atoms with Gasteiger partial charge in [0.05, 0.1) is 4.90 Å². The minimum absolute atomic E-state index is 0.0901. The van der Waals surface area contributed by atoms with Gasteiger partial charge in [0.25, 0.3) is 0 Å². The highest BCUT2D eigenvalue weighted by atomic mass is 35.5. The Kier molecular flexibility index (Phi) is 4.65. The molecule has 1 heterocycles. The van der Waals surface area contributed by atoms with Crippen LogP contribution in [0.15, 0.2) is 39.8 Å². The lowest BCUT2D eigenvalue weighted by atomic mass is 9.83. The summed E-state index contributed by atoms with van der Waals surface area (Å²) in [6.07, 6.45) is 1.22. The van der Waals surface area contributed by atoms with Crippen molar-refractivity contribution in [3.05, 3.63) is 41.1 Å². The zero-order chi connectivity index (χ0) is 19.2.